The molecule has 0 unspecified atom stereocenters. The molecule has 9 heteroatoms. The van der Waals surface area contributed by atoms with Crippen molar-refractivity contribution in [1.29, 1.82) is 0 Å². The van der Waals surface area contributed by atoms with E-state index in [0.29, 0.717) is 22.2 Å². The van der Waals surface area contributed by atoms with Crippen LogP contribution in [-0.2, 0) is 20.1 Å². The third-order valence-corrected chi connectivity index (χ3v) is 5.56. The third-order valence-electron chi connectivity index (χ3n) is 5.56. The van der Waals surface area contributed by atoms with Gasteiger partial charge >= 0.3 is 0 Å². The van der Waals surface area contributed by atoms with Crippen LogP contribution in [-0.4, -0.2) is 25.6 Å². The van der Waals surface area contributed by atoms with E-state index in [2.05, 4.69) is 10.1 Å². The number of benzene rings is 2. The van der Waals surface area contributed by atoms with Crippen LogP contribution in [0.2, 0.25) is 0 Å². The number of carbonyl (C=O) groups is 1. The maximum absolute atomic E-state index is 15.0. The molecule has 2 aromatic heterocycles. The molecular weight excluding hydrogens is 424 g/mol. The monoisotopic (exact) mass is 440 g/mol. The zero-order valence-corrected chi connectivity index (χ0v) is 16.8. The second-order valence-electron chi connectivity index (χ2n) is 7.68. The normalized spacial score (nSPS) is 13.4. The quantitative estimate of drug-likeness (QED) is 0.420. The minimum absolute atomic E-state index is 0.113. The number of hydrogen-bond acceptors (Lipinski definition) is 3. The Balaban J connectivity index is 1.54. The maximum Gasteiger partial charge on any atom is 0.263 e. The van der Waals surface area contributed by atoms with Crippen molar-refractivity contribution >= 4 is 16.8 Å². The van der Waals surface area contributed by atoms with E-state index in [1.54, 1.807) is 31.6 Å². The van der Waals surface area contributed by atoms with Crippen LogP contribution in [0.5, 0.6) is 0 Å². The first kappa shape index (κ1) is 20.2. The zero-order chi connectivity index (χ0) is 22.6. The number of aryl methyl sites for hydroxylation is 1. The highest BCUT2D eigenvalue weighted by molar-refractivity contribution is 5.98. The van der Waals surface area contributed by atoms with Crippen LogP contribution in [0, 0.1) is 11.6 Å². The number of hydrogen-bond donors (Lipinski definition) is 0. The first-order chi connectivity index (χ1) is 15.3. The van der Waals surface area contributed by atoms with E-state index in [-0.39, 0.29) is 41.3 Å². The molecule has 1 aliphatic heterocycles. The van der Waals surface area contributed by atoms with Gasteiger partial charge in [-0.25, -0.2) is 17.6 Å². The fourth-order valence-corrected chi connectivity index (χ4v) is 4.04. The minimum Gasteiger partial charge on any atom is -0.328 e. The Morgan fingerprint density at radius 1 is 1.09 bits per heavy atom. The molecule has 0 bridgehead atoms. The Bertz CT molecular complexity index is 1360. The first-order valence-electron chi connectivity index (χ1n) is 9.78. The van der Waals surface area contributed by atoms with Gasteiger partial charge in [0.25, 0.3) is 12.3 Å². The highest BCUT2D eigenvalue weighted by Gasteiger charge is 2.30. The number of fused-ring (bicyclic) bond motifs is 2. The van der Waals surface area contributed by atoms with Gasteiger partial charge in [-0.3, -0.25) is 14.5 Å². The summed E-state index contributed by atoms with van der Waals surface area (Å²) in [4.78, 5) is 18.0. The number of amides is 1. The fraction of sp³-hybridized carbons (Fsp3) is 0.174. The van der Waals surface area contributed by atoms with E-state index < -0.39 is 18.1 Å². The average molecular weight is 440 g/mol. The van der Waals surface area contributed by atoms with Gasteiger partial charge in [0, 0.05) is 36.0 Å². The predicted molar refractivity (Wildman–Crippen MR) is 109 cm³/mol. The number of carbonyl (C=O) groups excluding carboxylic acids is 1. The summed E-state index contributed by atoms with van der Waals surface area (Å²) < 4.78 is 58.2. The second-order valence-corrected chi connectivity index (χ2v) is 7.68. The lowest BCUT2D eigenvalue weighted by atomic mass is 9.97. The lowest BCUT2D eigenvalue weighted by Crippen LogP contribution is -2.24. The van der Waals surface area contributed by atoms with Crippen LogP contribution in [0.3, 0.4) is 0 Å². The van der Waals surface area contributed by atoms with E-state index in [0.717, 1.165) is 12.1 Å². The van der Waals surface area contributed by atoms with Gasteiger partial charge in [-0.05, 0) is 47.5 Å². The molecule has 32 heavy (non-hydrogen) atoms. The smallest absolute Gasteiger partial charge is 0.263 e. The van der Waals surface area contributed by atoms with Crippen molar-refractivity contribution in [3.05, 3.63) is 82.8 Å². The van der Waals surface area contributed by atoms with Crippen LogP contribution in [0.25, 0.3) is 22.0 Å². The summed E-state index contributed by atoms with van der Waals surface area (Å²) in [5, 5.41) is 4.65. The largest absolute Gasteiger partial charge is 0.328 e. The van der Waals surface area contributed by atoms with Crippen molar-refractivity contribution in [2.75, 3.05) is 0 Å². The maximum atomic E-state index is 15.0. The van der Waals surface area contributed by atoms with Gasteiger partial charge in [0.2, 0.25) is 0 Å². The van der Waals surface area contributed by atoms with Crippen LogP contribution >= 0.6 is 0 Å². The summed E-state index contributed by atoms with van der Waals surface area (Å²) in [5.41, 5.74) is 1.07. The summed E-state index contributed by atoms with van der Waals surface area (Å²) in [7, 11) is 1.63. The molecule has 1 amide bonds. The van der Waals surface area contributed by atoms with Gasteiger partial charge in [0.1, 0.15) is 11.6 Å². The Morgan fingerprint density at radius 2 is 1.84 bits per heavy atom. The molecule has 0 saturated heterocycles. The Morgan fingerprint density at radius 3 is 2.53 bits per heavy atom. The number of aromatic nitrogens is 3. The fourth-order valence-electron chi connectivity index (χ4n) is 4.04. The van der Waals surface area contributed by atoms with E-state index in [9.17, 15) is 13.6 Å². The van der Waals surface area contributed by atoms with Gasteiger partial charge in [-0.15, -0.1) is 0 Å². The highest BCUT2D eigenvalue weighted by atomic mass is 19.3. The van der Waals surface area contributed by atoms with Crippen molar-refractivity contribution in [1.82, 2.24) is 19.7 Å². The summed E-state index contributed by atoms with van der Waals surface area (Å²) in [6.45, 7) is -0.116. The van der Waals surface area contributed by atoms with Crippen molar-refractivity contribution in [2.45, 2.75) is 19.5 Å². The lowest BCUT2D eigenvalue weighted by Gasteiger charge is -2.17. The molecule has 0 aliphatic carbocycles. The van der Waals surface area contributed by atoms with Crippen molar-refractivity contribution in [3.8, 4) is 11.1 Å². The highest BCUT2D eigenvalue weighted by Crippen LogP contribution is 2.35. The molecule has 2 aromatic carbocycles. The average Bonchev–Trinajstić information content (AvgIpc) is 3.28. The number of pyridine rings is 1. The molecule has 0 spiro atoms. The molecule has 0 N–H and O–H groups in total. The summed E-state index contributed by atoms with van der Waals surface area (Å²) in [5.74, 6) is -2.08. The Kier molecular flexibility index (Phi) is 4.69. The molecule has 3 heterocycles. The summed E-state index contributed by atoms with van der Waals surface area (Å²) in [6.07, 6.45) is 0.403. The van der Waals surface area contributed by atoms with Crippen LogP contribution in [0.15, 0.2) is 48.8 Å². The van der Waals surface area contributed by atoms with Gasteiger partial charge in [-0.2, -0.15) is 5.10 Å². The second kappa shape index (κ2) is 7.44. The van der Waals surface area contributed by atoms with Crippen LogP contribution in [0.4, 0.5) is 17.6 Å². The van der Waals surface area contributed by atoms with E-state index in [4.69, 9.17) is 0 Å². The van der Waals surface area contributed by atoms with Gasteiger partial charge in [0.15, 0.2) is 0 Å². The molecule has 0 saturated carbocycles. The topological polar surface area (TPSA) is 51.0 Å². The number of halogens is 4. The zero-order valence-electron chi connectivity index (χ0n) is 16.8. The van der Waals surface area contributed by atoms with Crippen LogP contribution in [0.1, 0.15) is 33.6 Å². The molecule has 0 fully saturated rings. The van der Waals surface area contributed by atoms with Crippen LogP contribution < -0.4 is 0 Å². The Hall–Kier alpha value is -3.75. The van der Waals surface area contributed by atoms with E-state index in [1.165, 1.54) is 21.7 Å². The van der Waals surface area contributed by atoms with Crippen molar-refractivity contribution in [2.24, 2.45) is 7.05 Å². The molecule has 5 rings (SSSR count). The minimum atomic E-state index is -2.76. The van der Waals surface area contributed by atoms with Crippen molar-refractivity contribution in [3.63, 3.8) is 0 Å². The van der Waals surface area contributed by atoms with Gasteiger partial charge in [0.05, 0.1) is 29.9 Å². The molecule has 1 aliphatic rings. The molecular formula is C23H16F4N4O. The Labute approximate surface area is 179 Å². The lowest BCUT2D eigenvalue weighted by molar-refractivity contribution is 0.0763. The van der Waals surface area contributed by atoms with Crippen molar-refractivity contribution < 1.29 is 22.4 Å². The summed E-state index contributed by atoms with van der Waals surface area (Å²) in [6, 6.07) is 7.92. The van der Waals surface area contributed by atoms with Gasteiger partial charge < -0.3 is 4.90 Å². The molecule has 162 valence electrons. The number of alkyl halides is 2. The van der Waals surface area contributed by atoms with Gasteiger partial charge in [-0.1, -0.05) is 0 Å². The van der Waals surface area contributed by atoms with E-state index in [1.807, 2.05) is 0 Å². The molecule has 4 aromatic rings. The third kappa shape index (κ3) is 3.30. The number of rotatable bonds is 4. The molecule has 0 atom stereocenters. The predicted octanol–water partition coefficient (Wildman–Crippen LogP) is 5.01. The summed E-state index contributed by atoms with van der Waals surface area (Å²) >= 11 is 0. The SMILES string of the molecule is Cn1cc2c(-c3cc(F)c(CN4Cc5ncccc5C4=O)c(F)c3)cc(C(F)F)cc2n1. The standard InChI is InChI=1S/C23H16F4N4O/c1-30-9-16-15(5-13(22(26)27)8-20(16)29-30)12-6-18(24)17(19(25)7-12)10-31-11-21-14(23(31)32)3-2-4-28-21/h2-9,22H,10-11H2,1H3. The molecule has 5 nitrogen and oxygen atoms in total. The first-order valence-corrected chi connectivity index (χ1v) is 9.78. The van der Waals surface area contributed by atoms with E-state index >= 15 is 8.78 Å². The number of nitrogens with zero attached hydrogens (tertiary/aromatic N) is 4. The molecule has 0 radical (unpaired) electrons.